The van der Waals surface area contributed by atoms with E-state index in [0.29, 0.717) is 19.3 Å². The predicted octanol–water partition coefficient (Wildman–Crippen LogP) is 15.7. The number of esters is 3. The fraction of sp³-hybridized carbons (Fsp3) is 0.692. The van der Waals surface area contributed by atoms with Gasteiger partial charge in [0.25, 0.3) is 0 Å². The average molecular weight is 1080 g/mol. The third-order valence-electron chi connectivity index (χ3n) is 13.1. The predicted molar refractivity (Wildman–Crippen MR) is 312 cm³/mol. The van der Waals surface area contributed by atoms with Gasteiger partial charge in [0.05, 0.1) is 6.61 Å². The summed E-state index contributed by atoms with van der Waals surface area (Å²) in [7, 11) is 0. The van der Waals surface area contributed by atoms with Crippen molar-refractivity contribution in [3.63, 3.8) is 0 Å². The van der Waals surface area contributed by atoms with Crippen molar-refractivity contribution < 1.29 is 58.2 Å². The van der Waals surface area contributed by atoms with E-state index >= 15 is 0 Å². The zero-order chi connectivity index (χ0) is 56.1. The Labute approximate surface area is 466 Å². The quantitative estimate of drug-likeness (QED) is 0.0228. The largest absolute Gasteiger partial charge is 0.479 e. The highest BCUT2D eigenvalue weighted by Gasteiger charge is 2.50. The number of unbranched alkanes of at least 4 members (excludes halogenated alkanes) is 20. The molecule has 1 aliphatic heterocycles. The first-order valence-electron chi connectivity index (χ1n) is 30.2. The van der Waals surface area contributed by atoms with Crippen LogP contribution in [0.25, 0.3) is 0 Å². The van der Waals surface area contributed by atoms with Gasteiger partial charge in [-0.3, -0.25) is 14.4 Å². The normalized spacial score (nSPS) is 18.7. The van der Waals surface area contributed by atoms with E-state index in [1.807, 2.05) is 0 Å². The molecule has 6 atom stereocenters. The molecule has 0 aromatic rings. The summed E-state index contributed by atoms with van der Waals surface area (Å²) in [6, 6.07) is 0. The number of hydrogen-bond donors (Lipinski definition) is 3. The number of rotatable bonds is 50. The van der Waals surface area contributed by atoms with E-state index in [0.717, 1.165) is 161 Å². The molecule has 12 heteroatoms. The van der Waals surface area contributed by atoms with Gasteiger partial charge in [-0.15, -0.1) is 0 Å². The lowest BCUT2D eigenvalue weighted by Crippen LogP contribution is -2.61. The molecular weight excluding hydrogens is 973 g/mol. The first-order chi connectivity index (χ1) is 37.6. The molecule has 3 N–H and O–H groups in total. The van der Waals surface area contributed by atoms with Gasteiger partial charge in [0.2, 0.25) is 0 Å². The van der Waals surface area contributed by atoms with Crippen LogP contribution >= 0.6 is 0 Å². The van der Waals surface area contributed by atoms with E-state index in [-0.39, 0.29) is 25.9 Å². The standard InChI is InChI=1S/C65H106O12/c1-4-7-10-13-16-19-22-25-27-29-31-34-36-39-42-45-48-51-57(66)73-54-56(75-58(67)52-49-46-43-40-38-35-32-30-28-26-23-20-17-14-11-8-5-2)55-74-65-63(61(70)60(69)62(77-65)64(71)72)76-59(68)53-50-47-44-41-37-33-24-21-18-15-12-9-6-3/h7,10,12,15-17,19-21,24-28,31,34,56,60-63,65,69-70H,4-6,8-9,11,13-14,18,22-23,29-30,32-33,35-55H2,1-3H3,(H,71,72)/b10-7-,15-12-,19-16-,20-17-,24-21-,27-25-,28-26-,34-31-. The zero-order valence-corrected chi connectivity index (χ0v) is 48.2. The molecule has 1 aliphatic rings. The number of carboxylic acid groups (broad SMARTS) is 1. The van der Waals surface area contributed by atoms with Gasteiger partial charge in [0.15, 0.2) is 24.6 Å². The van der Waals surface area contributed by atoms with Crippen molar-refractivity contribution in [1.29, 1.82) is 0 Å². The number of aliphatic carboxylic acids is 1. The number of ether oxygens (including phenoxy) is 5. The van der Waals surface area contributed by atoms with Crippen LogP contribution in [-0.4, -0.2) is 89.2 Å². The van der Waals surface area contributed by atoms with E-state index in [9.17, 15) is 34.5 Å². The third-order valence-corrected chi connectivity index (χ3v) is 13.1. The Hall–Kier alpha value is -4.36. The Balaban J connectivity index is 2.72. The van der Waals surface area contributed by atoms with Gasteiger partial charge < -0.3 is 39.0 Å². The Bertz CT molecular complexity index is 1710. The van der Waals surface area contributed by atoms with Gasteiger partial charge in [0.1, 0.15) is 18.8 Å². The molecular formula is C65H106O12. The molecule has 6 unspecified atom stereocenters. The number of hydrogen-bond acceptors (Lipinski definition) is 11. The van der Waals surface area contributed by atoms with Crippen LogP contribution in [0.3, 0.4) is 0 Å². The second-order valence-electron chi connectivity index (χ2n) is 20.2. The maximum absolute atomic E-state index is 13.2. The van der Waals surface area contributed by atoms with Gasteiger partial charge in [-0.2, -0.15) is 0 Å². The molecule has 12 nitrogen and oxygen atoms in total. The molecule has 1 heterocycles. The second-order valence-corrected chi connectivity index (χ2v) is 20.2. The summed E-state index contributed by atoms with van der Waals surface area (Å²) < 4.78 is 28.4. The number of carboxylic acids is 1. The average Bonchev–Trinajstić information content (AvgIpc) is 3.42. The van der Waals surface area contributed by atoms with Crippen molar-refractivity contribution in [1.82, 2.24) is 0 Å². The second kappa shape index (κ2) is 52.3. The maximum Gasteiger partial charge on any atom is 0.335 e. The van der Waals surface area contributed by atoms with E-state index in [1.165, 1.54) is 19.3 Å². The molecule has 0 aromatic heterocycles. The van der Waals surface area contributed by atoms with Crippen molar-refractivity contribution in [3.8, 4) is 0 Å². The van der Waals surface area contributed by atoms with Gasteiger partial charge >= 0.3 is 23.9 Å². The molecule has 0 amide bonds. The van der Waals surface area contributed by atoms with Crippen LogP contribution in [0.2, 0.25) is 0 Å². The van der Waals surface area contributed by atoms with Crippen LogP contribution in [0.4, 0.5) is 0 Å². The van der Waals surface area contributed by atoms with Crippen molar-refractivity contribution in [2.24, 2.45) is 0 Å². The van der Waals surface area contributed by atoms with E-state index in [1.54, 1.807) is 0 Å². The summed E-state index contributed by atoms with van der Waals surface area (Å²) in [4.78, 5) is 51.2. The molecule has 1 rings (SSSR count). The Morgan fingerprint density at radius 3 is 1.30 bits per heavy atom. The lowest BCUT2D eigenvalue weighted by molar-refractivity contribution is -0.301. The summed E-state index contributed by atoms with van der Waals surface area (Å²) in [6.45, 7) is 5.75. The minimum atomic E-state index is -1.92. The van der Waals surface area contributed by atoms with Gasteiger partial charge in [0, 0.05) is 19.3 Å². The van der Waals surface area contributed by atoms with Crippen molar-refractivity contribution in [2.45, 2.75) is 276 Å². The molecule has 1 fully saturated rings. The number of aliphatic hydroxyl groups excluding tert-OH is 2. The third kappa shape index (κ3) is 42.3. The van der Waals surface area contributed by atoms with E-state index in [2.05, 4.69) is 118 Å². The Kier molecular flexibility index (Phi) is 48.0. The van der Waals surface area contributed by atoms with Crippen LogP contribution in [0.1, 0.15) is 239 Å². The maximum atomic E-state index is 13.2. The fourth-order valence-electron chi connectivity index (χ4n) is 8.48. The minimum Gasteiger partial charge on any atom is -0.479 e. The Morgan fingerprint density at radius 1 is 0.442 bits per heavy atom. The molecule has 0 aromatic carbocycles. The van der Waals surface area contributed by atoms with Crippen molar-refractivity contribution >= 4 is 23.9 Å². The lowest BCUT2D eigenvalue weighted by Gasteiger charge is -2.40. The molecule has 438 valence electrons. The smallest absolute Gasteiger partial charge is 0.335 e. The number of carbonyl (C=O) groups excluding carboxylic acids is 3. The minimum absolute atomic E-state index is 0.0367. The van der Waals surface area contributed by atoms with Crippen LogP contribution in [0.5, 0.6) is 0 Å². The van der Waals surface area contributed by atoms with Gasteiger partial charge in [-0.1, -0.05) is 201 Å². The van der Waals surface area contributed by atoms with E-state index in [4.69, 9.17) is 23.7 Å². The van der Waals surface area contributed by atoms with E-state index < -0.39 is 67.3 Å². The number of allylic oxidation sites excluding steroid dienone is 16. The summed E-state index contributed by atoms with van der Waals surface area (Å²) in [6.07, 6.45) is 56.5. The molecule has 1 saturated heterocycles. The first-order valence-corrected chi connectivity index (χ1v) is 30.2. The fourth-order valence-corrected chi connectivity index (χ4v) is 8.48. The van der Waals surface area contributed by atoms with Crippen molar-refractivity contribution in [2.75, 3.05) is 13.2 Å². The summed E-state index contributed by atoms with van der Waals surface area (Å²) >= 11 is 0. The first kappa shape index (κ1) is 70.7. The van der Waals surface area contributed by atoms with Gasteiger partial charge in [-0.05, 0) is 116 Å². The molecule has 0 aliphatic carbocycles. The lowest BCUT2D eigenvalue weighted by atomic mass is 9.98. The number of carbonyl (C=O) groups is 4. The highest BCUT2D eigenvalue weighted by molar-refractivity contribution is 5.74. The SMILES string of the molecule is CC/C=C\C/C=C\C/C=C\C/C=C\CCCCCCC(=O)OCC(COC1OC(C(=O)O)C(O)C(O)C1OC(=O)CCCCCCC/C=C\C/C=C\CCC)OC(=O)CCCCCCCCC/C=C\C/C=C\CCCCC. The van der Waals surface area contributed by atoms with Crippen LogP contribution in [-0.2, 0) is 42.9 Å². The number of aliphatic hydroxyl groups is 2. The monoisotopic (exact) mass is 1080 g/mol. The van der Waals surface area contributed by atoms with Crippen molar-refractivity contribution in [3.05, 3.63) is 97.2 Å². The van der Waals surface area contributed by atoms with Crippen LogP contribution < -0.4 is 0 Å². The highest BCUT2D eigenvalue weighted by Crippen LogP contribution is 2.26. The van der Waals surface area contributed by atoms with Crippen LogP contribution in [0, 0.1) is 0 Å². The zero-order valence-electron chi connectivity index (χ0n) is 48.2. The molecule has 0 saturated carbocycles. The van der Waals surface area contributed by atoms with Crippen LogP contribution in [0.15, 0.2) is 97.2 Å². The summed E-state index contributed by atoms with van der Waals surface area (Å²) in [5.41, 5.74) is 0. The molecule has 0 spiro atoms. The summed E-state index contributed by atoms with van der Waals surface area (Å²) in [5, 5.41) is 31.5. The molecule has 0 radical (unpaired) electrons. The summed E-state index contributed by atoms with van der Waals surface area (Å²) in [5.74, 6) is -3.19. The van der Waals surface area contributed by atoms with Gasteiger partial charge in [-0.25, -0.2) is 4.79 Å². The molecule has 0 bridgehead atoms. The molecule has 77 heavy (non-hydrogen) atoms. The highest BCUT2D eigenvalue weighted by atomic mass is 16.7. The Morgan fingerprint density at radius 2 is 0.844 bits per heavy atom. The topological polar surface area (TPSA) is 175 Å².